The SMILES string of the molecule is O=C(NC12CC3CC(CC(C3)C1)C2)C1=C2C=CC=CN2C(c2ccncc2)N1. The number of nitrogens with one attached hydrogen (secondary N) is 2. The van der Waals surface area contributed by atoms with Gasteiger partial charge in [-0.3, -0.25) is 9.78 Å². The Bertz CT molecular complexity index is 865. The third-order valence-corrected chi connectivity index (χ3v) is 7.37. The van der Waals surface area contributed by atoms with E-state index in [1.165, 1.54) is 38.5 Å². The number of hydrogen-bond acceptors (Lipinski definition) is 4. The third-order valence-electron chi connectivity index (χ3n) is 7.37. The average Bonchev–Trinajstić information content (AvgIpc) is 3.07. The van der Waals surface area contributed by atoms with E-state index in [-0.39, 0.29) is 17.6 Å². The lowest BCUT2D eigenvalue weighted by Crippen LogP contribution is -2.60. The number of allylic oxidation sites excluding steroid dienone is 3. The summed E-state index contributed by atoms with van der Waals surface area (Å²) in [5, 5.41) is 7.01. The van der Waals surface area contributed by atoms with E-state index in [2.05, 4.69) is 20.5 Å². The van der Waals surface area contributed by atoms with Gasteiger partial charge in [0.05, 0.1) is 5.70 Å². The van der Waals surface area contributed by atoms with Gasteiger partial charge < -0.3 is 15.5 Å². The molecule has 4 saturated carbocycles. The van der Waals surface area contributed by atoms with E-state index >= 15 is 0 Å². The number of carbonyl (C=O) groups is 1. The van der Waals surface area contributed by atoms with E-state index in [4.69, 9.17) is 0 Å². The van der Waals surface area contributed by atoms with Crippen molar-refractivity contribution in [1.29, 1.82) is 0 Å². The molecule has 0 aromatic carbocycles. The molecule has 1 amide bonds. The van der Waals surface area contributed by atoms with Crippen LogP contribution in [0, 0.1) is 17.8 Å². The van der Waals surface area contributed by atoms with E-state index in [1.54, 1.807) is 12.4 Å². The molecule has 0 saturated heterocycles. The smallest absolute Gasteiger partial charge is 0.270 e. The van der Waals surface area contributed by atoms with Crippen LogP contribution in [0.4, 0.5) is 0 Å². The minimum atomic E-state index is -0.0729. The van der Waals surface area contributed by atoms with Crippen LogP contribution in [-0.4, -0.2) is 21.3 Å². The summed E-state index contributed by atoms with van der Waals surface area (Å²) < 4.78 is 0. The maximum absolute atomic E-state index is 13.4. The van der Waals surface area contributed by atoms with Crippen LogP contribution in [0.2, 0.25) is 0 Å². The molecule has 5 nitrogen and oxygen atoms in total. The van der Waals surface area contributed by atoms with Gasteiger partial charge in [-0.25, -0.2) is 0 Å². The molecule has 2 aliphatic heterocycles. The van der Waals surface area contributed by atoms with Gasteiger partial charge in [-0.05, 0) is 86.1 Å². The largest absolute Gasteiger partial charge is 0.355 e. The summed E-state index contributed by atoms with van der Waals surface area (Å²) in [6.07, 6.45) is 19.3. The van der Waals surface area contributed by atoms with Crippen LogP contribution < -0.4 is 10.6 Å². The summed E-state index contributed by atoms with van der Waals surface area (Å²) in [5.74, 6) is 2.51. The number of rotatable bonds is 3. The highest BCUT2D eigenvalue weighted by atomic mass is 16.2. The van der Waals surface area contributed by atoms with E-state index < -0.39 is 0 Å². The molecular formula is C23H26N4O. The van der Waals surface area contributed by atoms with Crippen molar-refractivity contribution in [3.05, 3.63) is 65.9 Å². The number of pyridine rings is 1. The fourth-order valence-corrected chi connectivity index (χ4v) is 6.71. The Balaban J connectivity index is 1.28. The number of nitrogens with zero attached hydrogens (tertiary/aromatic N) is 2. The van der Waals surface area contributed by atoms with Gasteiger partial charge in [0.1, 0.15) is 11.9 Å². The van der Waals surface area contributed by atoms with Gasteiger partial charge in [0.2, 0.25) is 0 Å². The van der Waals surface area contributed by atoms with Gasteiger partial charge in [0.15, 0.2) is 0 Å². The molecule has 4 bridgehead atoms. The molecule has 4 aliphatic carbocycles. The van der Waals surface area contributed by atoms with Gasteiger partial charge in [-0.2, -0.15) is 0 Å². The Morgan fingerprint density at radius 3 is 2.43 bits per heavy atom. The molecular weight excluding hydrogens is 348 g/mol. The van der Waals surface area contributed by atoms with Crippen molar-refractivity contribution < 1.29 is 4.79 Å². The number of amides is 1. The highest BCUT2D eigenvalue weighted by Crippen LogP contribution is 2.55. The minimum Gasteiger partial charge on any atom is -0.355 e. The molecule has 3 heterocycles. The Kier molecular flexibility index (Phi) is 3.49. The Labute approximate surface area is 165 Å². The first kappa shape index (κ1) is 16.4. The molecule has 1 aromatic rings. The number of hydrogen-bond donors (Lipinski definition) is 2. The van der Waals surface area contributed by atoms with Crippen LogP contribution in [0.3, 0.4) is 0 Å². The van der Waals surface area contributed by atoms with Gasteiger partial charge in [-0.1, -0.05) is 6.08 Å². The molecule has 4 fully saturated rings. The van der Waals surface area contributed by atoms with Crippen molar-refractivity contribution in [1.82, 2.24) is 20.5 Å². The Morgan fingerprint density at radius 1 is 1.07 bits per heavy atom. The molecule has 0 radical (unpaired) electrons. The third kappa shape index (κ3) is 2.52. The van der Waals surface area contributed by atoms with E-state index in [0.29, 0.717) is 5.70 Å². The standard InChI is InChI=1S/C23H26N4O/c28-22(26-23-12-15-9-16(13-23)11-17(10-15)14-23)20-19-3-1-2-8-27(19)21(25-20)18-4-6-24-7-5-18/h1-8,15-17,21,25H,9-14H2,(H,26,28). The first-order chi connectivity index (χ1) is 13.7. The van der Waals surface area contributed by atoms with Gasteiger partial charge >= 0.3 is 0 Å². The van der Waals surface area contributed by atoms with Gasteiger partial charge in [0.25, 0.3) is 5.91 Å². The number of fused-ring (bicyclic) bond motifs is 1. The van der Waals surface area contributed by atoms with Crippen LogP contribution in [0.25, 0.3) is 0 Å². The van der Waals surface area contributed by atoms with Crippen LogP contribution in [-0.2, 0) is 4.79 Å². The zero-order valence-electron chi connectivity index (χ0n) is 16.0. The highest BCUT2D eigenvalue weighted by molar-refractivity contribution is 5.95. The molecule has 6 aliphatic rings. The summed E-state index contributed by atoms with van der Waals surface area (Å²) in [5.41, 5.74) is 2.77. The summed E-state index contributed by atoms with van der Waals surface area (Å²) in [6.45, 7) is 0. The molecule has 5 heteroatoms. The molecule has 1 atom stereocenters. The fraction of sp³-hybridized carbons (Fsp3) is 0.478. The predicted molar refractivity (Wildman–Crippen MR) is 106 cm³/mol. The van der Waals surface area contributed by atoms with Crippen molar-refractivity contribution in [3.8, 4) is 0 Å². The van der Waals surface area contributed by atoms with Crippen LogP contribution in [0.5, 0.6) is 0 Å². The number of carbonyl (C=O) groups excluding carboxylic acids is 1. The quantitative estimate of drug-likeness (QED) is 0.852. The van der Waals surface area contributed by atoms with Gasteiger partial charge in [0, 0.05) is 24.1 Å². The van der Waals surface area contributed by atoms with Crippen molar-refractivity contribution in [2.75, 3.05) is 0 Å². The highest BCUT2D eigenvalue weighted by Gasteiger charge is 2.52. The van der Waals surface area contributed by atoms with Crippen molar-refractivity contribution in [2.45, 2.75) is 50.2 Å². The van der Waals surface area contributed by atoms with E-state index in [0.717, 1.165) is 29.0 Å². The Morgan fingerprint density at radius 2 is 1.75 bits per heavy atom. The maximum atomic E-state index is 13.4. The lowest BCUT2D eigenvalue weighted by Gasteiger charge is -2.56. The lowest BCUT2D eigenvalue weighted by atomic mass is 9.53. The first-order valence-corrected chi connectivity index (χ1v) is 10.6. The van der Waals surface area contributed by atoms with Crippen molar-refractivity contribution >= 4 is 5.91 Å². The molecule has 1 aromatic heterocycles. The second-order valence-electron chi connectivity index (χ2n) is 9.35. The molecule has 2 N–H and O–H groups in total. The fourth-order valence-electron chi connectivity index (χ4n) is 6.71. The zero-order valence-corrected chi connectivity index (χ0v) is 16.0. The average molecular weight is 374 g/mol. The van der Waals surface area contributed by atoms with E-state index in [1.807, 2.05) is 36.6 Å². The Hall–Kier alpha value is -2.56. The maximum Gasteiger partial charge on any atom is 0.270 e. The summed E-state index contributed by atoms with van der Waals surface area (Å²) in [4.78, 5) is 19.7. The normalized spacial score (nSPS) is 37.2. The van der Waals surface area contributed by atoms with E-state index in [9.17, 15) is 4.79 Å². The van der Waals surface area contributed by atoms with Crippen molar-refractivity contribution in [3.63, 3.8) is 0 Å². The van der Waals surface area contributed by atoms with Gasteiger partial charge in [-0.15, -0.1) is 0 Å². The molecule has 28 heavy (non-hydrogen) atoms. The first-order valence-electron chi connectivity index (χ1n) is 10.6. The summed E-state index contributed by atoms with van der Waals surface area (Å²) in [6, 6.07) is 4.00. The van der Waals surface area contributed by atoms with Crippen LogP contribution in [0.1, 0.15) is 50.3 Å². The minimum absolute atomic E-state index is 0.0227. The summed E-state index contributed by atoms with van der Waals surface area (Å²) in [7, 11) is 0. The summed E-state index contributed by atoms with van der Waals surface area (Å²) >= 11 is 0. The van der Waals surface area contributed by atoms with Crippen molar-refractivity contribution in [2.24, 2.45) is 17.8 Å². The second kappa shape index (κ2) is 5.97. The second-order valence-corrected chi connectivity index (χ2v) is 9.35. The lowest BCUT2D eigenvalue weighted by molar-refractivity contribution is -0.123. The molecule has 1 unspecified atom stereocenters. The van der Waals surface area contributed by atoms with Crippen LogP contribution >= 0.6 is 0 Å². The monoisotopic (exact) mass is 374 g/mol. The topological polar surface area (TPSA) is 57.3 Å². The molecule has 0 spiro atoms. The number of aromatic nitrogens is 1. The molecule has 144 valence electrons. The molecule has 7 rings (SSSR count). The predicted octanol–water partition coefficient (Wildman–Crippen LogP) is 3.37. The van der Waals surface area contributed by atoms with Crippen LogP contribution in [0.15, 0.2) is 60.3 Å². The zero-order chi connectivity index (χ0) is 18.7.